The van der Waals surface area contributed by atoms with Crippen LogP contribution in [0.25, 0.3) is 0 Å². The first-order valence-electron chi connectivity index (χ1n) is 11.7. The lowest BCUT2D eigenvalue weighted by Gasteiger charge is -2.37. The molecule has 5 nitrogen and oxygen atoms in total. The van der Waals surface area contributed by atoms with Crippen molar-refractivity contribution in [2.24, 2.45) is 35.5 Å². The van der Waals surface area contributed by atoms with E-state index in [9.17, 15) is 14.4 Å². The smallest absolute Gasteiger partial charge is 0.261 e. The van der Waals surface area contributed by atoms with Crippen LogP contribution < -0.4 is 4.90 Å². The minimum absolute atomic E-state index is 0.102. The highest BCUT2D eigenvalue weighted by molar-refractivity contribution is 6.34. The Morgan fingerprint density at radius 1 is 0.970 bits per heavy atom. The second kappa shape index (κ2) is 7.56. The van der Waals surface area contributed by atoms with Gasteiger partial charge in [0.25, 0.3) is 5.91 Å². The largest absolute Gasteiger partial charge is 0.290 e. The monoisotopic (exact) mass is 460 g/mol. The van der Waals surface area contributed by atoms with E-state index in [0.29, 0.717) is 28.1 Å². The van der Waals surface area contributed by atoms with E-state index in [2.05, 4.69) is 19.1 Å². The average Bonchev–Trinajstić information content (AvgIpc) is 3.62. The molecular weight excluding hydrogens is 436 g/mol. The summed E-state index contributed by atoms with van der Waals surface area (Å²) in [6, 6.07) is 14.5. The van der Waals surface area contributed by atoms with Gasteiger partial charge in [-0.15, -0.1) is 0 Å². The predicted octanol–water partition coefficient (Wildman–Crippen LogP) is 4.56. The fourth-order valence-corrected chi connectivity index (χ4v) is 6.47. The van der Waals surface area contributed by atoms with E-state index in [1.807, 2.05) is 24.3 Å². The van der Waals surface area contributed by atoms with Crippen LogP contribution in [0, 0.1) is 35.5 Å². The predicted molar refractivity (Wildman–Crippen MR) is 125 cm³/mol. The number of imide groups is 1. The van der Waals surface area contributed by atoms with E-state index in [0.717, 1.165) is 18.4 Å². The van der Waals surface area contributed by atoms with Gasteiger partial charge < -0.3 is 0 Å². The molecule has 7 rings (SSSR count). The number of rotatable bonds is 5. The Morgan fingerprint density at radius 3 is 2.15 bits per heavy atom. The second-order valence-electron chi connectivity index (χ2n) is 9.63. The van der Waals surface area contributed by atoms with Gasteiger partial charge in [-0.1, -0.05) is 54.9 Å². The molecule has 6 atom stereocenters. The molecule has 0 spiro atoms. The number of carbonyl (C=O) groups excluding carboxylic acids is 3. The summed E-state index contributed by atoms with van der Waals surface area (Å²) in [5.41, 5.74) is 2.12. The normalized spacial score (nSPS) is 30.9. The lowest BCUT2D eigenvalue weighted by molar-refractivity contribution is -0.140. The van der Waals surface area contributed by atoms with Gasteiger partial charge in [-0.25, -0.2) is 0 Å². The second-order valence-corrected chi connectivity index (χ2v) is 10.0. The Labute approximate surface area is 198 Å². The van der Waals surface area contributed by atoms with E-state index >= 15 is 0 Å². The molecule has 2 bridgehead atoms. The van der Waals surface area contributed by atoms with Crippen LogP contribution in [-0.2, 0) is 16.0 Å². The van der Waals surface area contributed by atoms with Crippen LogP contribution in [0.5, 0.6) is 0 Å². The van der Waals surface area contributed by atoms with E-state index in [-0.39, 0.29) is 48.1 Å². The Morgan fingerprint density at radius 2 is 1.58 bits per heavy atom. The topological polar surface area (TPSA) is 57.7 Å². The first-order chi connectivity index (χ1) is 16.0. The van der Waals surface area contributed by atoms with Gasteiger partial charge in [0.05, 0.1) is 22.4 Å². The number of carbonyl (C=O) groups is 3. The van der Waals surface area contributed by atoms with Gasteiger partial charge in [-0.3, -0.25) is 24.2 Å². The molecule has 168 valence electrons. The van der Waals surface area contributed by atoms with Crippen LogP contribution in [0.3, 0.4) is 0 Å². The number of likely N-dealkylation sites (tertiary alicyclic amines) is 1. The SMILES string of the molecule is CCc1ccc(N(CN2C(=O)[C@@H]3[C@H]4C=C[C@@H]([C@@H]5C[C@@H]45)[C@H]3C2=O)C(=O)c2ccccc2Cl)cc1. The summed E-state index contributed by atoms with van der Waals surface area (Å²) in [5, 5.41) is 0.341. The van der Waals surface area contributed by atoms with Crippen molar-refractivity contribution in [3.05, 3.63) is 76.8 Å². The Hall–Kier alpha value is -2.92. The maximum Gasteiger partial charge on any atom is 0.261 e. The number of aryl methyl sites for hydroxylation is 1. The fourth-order valence-electron chi connectivity index (χ4n) is 6.25. The highest BCUT2D eigenvalue weighted by atomic mass is 35.5. The molecular formula is C27H25ClN2O3. The minimum atomic E-state index is -0.329. The summed E-state index contributed by atoms with van der Waals surface area (Å²) in [4.78, 5) is 43.4. The molecule has 4 aliphatic carbocycles. The van der Waals surface area contributed by atoms with Crippen LogP contribution in [0.1, 0.15) is 29.3 Å². The van der Waals surface area contributed by atoms with E-state index in [1.165, 1.54) is 9.80 Å². The number of nitrogens with zero attached hydrogens (tertiary/aromatic N) is 2. The summed E-state index contributed by atoms with van der Waals surface area (Å²) in [6.07, 6.45) is 6.32. The zero-order valence-corrected chi connectivity index (χ0v) is 19.1. The molecule has 1 saturated heterocycles. The number of allylic oxidation sites excluding steroid dienone is 2. The van der Waals surface area contributed by atoms with Gasteiger partial charge in [0.15, 0.2) is 0 Å². The van der Waals surface area contributed by atoms with Crippen LogP contribution in [-0.4, -0.2) is 29.3 Å². The zero-order valence-electron chi connectivity index (χ0n) is 18.4. The third-order valence-corrected chi connectivity index (χ3v) is 8.37. The summed E-state index contributed by atoms with van der Waals surface area (Å²) in [7, 11) is 0. The molecule has 0 radical (unpaired) electrons. The first-order valence-corrected chi connectivity index (χ1v) is 12.1. The van der Waals surface area contributed by atoms with Crippen molar-refractivity contribution in [1.82, 2.24) is 4.90 Å². The number of halogens is 1. The average molecular weight is 461 g/mol. The number of anilines is 1. The van der Waals surface area contributed by atoms with Crippen molar-refractivity contribution in [3.8, 4) is 0 Å². The van der Waals surface area contributed by atoms with E-state index in [1.54, 1.807) is 24.3 Å². The number of hydrogen-bond acceptors (Lipinski definition) is 3. The standard InChI is InChI=1S/C27H25ClN2O3/c1-2-15-7-9-16(10-8-15)29(25(31)19-5-3-4-6-22(19)28)14-30-26(32)23-17-11-12-18(21-13-20(17)21)24(23)27(30)33/h3-12,17-18,20-21,23-24H,2,13-14H2,1H3/t17-,18-,20-,21-,23+,24+/m0/s1. The van der Waals surface area contributed by atoms with Gasteiger partial charge in [-0.05, 0) is 66.3 Å². The number of amides is 3. The molecule has 33 heavy (non-hydrogen) atoms. The van der Waals surface area contributed by atoms with Gasteiger partial charge in [0, 0.05) is 5.69 Å². The summed E-state index contributed by atoms with van der Waals surface area (Å²) < 4.78 is 0. The highest BCUT2D eigenvalue weighted by Gasteiger charge is 2.67. The lowest BCUT2D eigenvalue weighted by atomic mass is 9.63. The third kappa shape index (κ3) is 3.09. The highest BCUT2D eigenvalue weighted by Crippen LogP contribution is 2.65. The van der Waals surface area contributed by atoms with Crippen molar-refractivity contribution in [2.45, 2.75) is 19.8 Å². The quantitative estimate of drug-likeness (QED) is 0.485. The molecule has 1 aliphatic heterocycles. The van der Waals surface area contributed by atoms with E-state index < -0.39 is 0 Å². The molecule has 0 aromatic heterocycles. The molecule has 2 aromatic carbocycles. The van der Waals surface area contributed by atoms with Crippen molar-refractivity contribution in [1.29, 1.82) is 0 Å². The first kappa shape index (κ1) is 20.7. The minimum Gasteiger partial charge on any atom is -0.290 e. The van der Waals surface area contributed by atoms with Crippen molar-refractivity contribution in [3.63, 3.8) is 0 Å². The molecule has 2 saturated carbocycles. The Balaban J connectivity index is 1.35. The Bertz CT molecular complexity index is 1150. The van der Waals surface area contributed by atoms with Gasteiger partial charge in [0.2, 0.25) is 11.8 Å². The summed E-state index contributed by atoms with van der Waals surface area (Å²) in [6.45, 7) is 1.97. The van der Waals surface area contributed by atoms with Gasteiger partial charge in [-0.2, -0.15) is 0 Å². The molecule has 1 heterocycles. The summed E-state index contributed by atoms with van der Waals surface area (Å²) in [5.74, 6) is 0.219. The molecule has 2 aromatic rings. The van der Waals surface area contributed by atoms with Crippen LogP contribution in [0.2, 0.25) is 5.02 Å². The molecule has 5 aliphatic rings. The zero-order chi connectivity index (χ0) is 22.9. The molecule has 0 unspecified atom stereocenters. The summed E-state index contributed by atoms with van der Waals surface area (Å²) >= 11 is 6.34. The maximum atomic E-state index is 13.6. The van der Waals surface area contributed by atoms with Gasteiger partial charge in [0.1, 0.15) is 6.67 Å². The third-order valence-electron chi connectivity index (χ3n) is 8.04. The van der Waals surface area contributed by atoms with Crippen LogP contribution in [0.4, 0.5) is 5.69 Å². The molecule has 6 heteroatoms. The van der Waals surface area contributed by atoms with Crippen molar-refractivity contribution < 1.29 is 14.4 Å². The Kier molecular flexibility index (Phi) is 4.73. The number of benzene rings is 2. The van der Waals surface area contributed by atoms with Crippen LogP contribution in [0.15, 0.2) is 60.7 Å². The molecule has 3 fully saturated rings. The van der Waals surface area contributed by atoms with Crippen LogP contribution >= 0.6 is 11.6 Å². The van der Waals surface area contributed by atoms with Crippen molar-refractivity contribution in [2.75, 3.05) is 11.6 Å². The molecule has 0 N–H and O–H groups in total. The number of hydrogen-bond donors (Lipinski definition) is 0. The fraction of sp³-hybridized carbons (Fsp3) is 0.370. The molecule has 3 amide bonds. The van der Waals surface area contributed by atoms with Gasteiger partial charge >= 0.3 is 0 Å². The maximum absolute atomic E-state index is 13.6. The van der Waals surface area contributed by atoms with E-state index in [4.69, 9.17) is 11.6 Å². The lowest BCUT2D eigenvalue weighted by Crippen LogP contribution is -2.45. The van der Waals surface area contributed by atoms with Crippen molar-refractivity contribution >= 4 is 35.0 Å².